The fourth-order valence-corrected chi connectivity index (χ4v) is 5.84. The molecule has 1 aliphatic heterocycles. The van der Waals surface area contributed by atoms with E-state index < -0.39 is 11.7 Å². The molecule has 1 N–H and O–H groups in total. The molecule has 0 bridgehead atoms. The summed E-state index contributed by atoms with van der Waals surface area (Å²) in [5.74, 6) is 0.647. The number of nitrogens with zero attached hydrogens (tertiary/aromatic N) is 1. The summed E-state index contributed by atoms with van der Waals surface area (Å²) in [7, 11) is 0. The first kappa shape index (κ1) is 25.5. The molecule has 1 heterocycles. The number of alkyl halides is 3. The second kappa shape index (κ2) is 11.1. The predicted molar refractivity (Wildman–Crippen MR) is 144 cm³/mol. The number of hydrogen-bond donors (Lipinski definition) is 1. The predicted octanol–water partition coefficient (Wildman–Crippen LogP) is 7.82. The number of rotatable bonds is 7. The number of fused-ring (bicyclic) bond motifs is 1. The Morgan fingerprint density at radius 3 is 2.38 bits per heavy atom. The van der Waals surface area contributed by atoms with Crippen LogP contribution in [0, 0.1) is 5.92 Å². The minimum atomic E-state index is -4.34. The Kier molecular flexibility index (Phi) is 7.63. The zero-order valence-corrected chi connectivity index (χ0v) is 21.1. The zero-order valence-electron chi connectivity index (χ0n) is 21.1. The number of piperidine rings is 1. The van der Waals surface area contributed by atoms with Crippen molar-refractivity contribution in [2.45, 2.75) is 38.0 Å². The Balaban J connectivity index is 1.35. The van der Waals surface area contributed by atoms with Crippen molar-refractivity contribution in [2.24, 2.45) is 5.92 Å². The first-order chi connectivity index (χ1) is 17.9. The molecule has 1 saturated heterocycles. The van der Waals surface area contributed by atoms with Gasteiger partial charge >= 0.3 is 6.18 Å². The quantitative estimate of drug-likeness (QED) is 0.277. The molecule has 3 atom stereocenters. The monoisotopic (exact) mass is 502 g/mol. The van der Waals surface area contributed by atoms with Crippen molar-refractivity contribution >= 4 is 10.8 Å². The number of nitrogens with one attached hydrogen (secondary N) is 1. The van der Waals surface area contributed by atoms with Gasteiger partial charge in [-0.05, 0) is 65.3 Å². The maximum absolute atomic E-state index is 13.6. The SMILES string of the molecule is C[C@@H](NCC1CN(Cc2ccccc2C(F)(F)F)CCC1c1ccccc1)c1cccc2ccccc12. The molecule has 5 rings (SSSR count). The highest BCUT2D eigenvalue weighted by atomic mass is 19.4. The van der Waals surface area contributed by atoms with Crippen molar-refractivity contribution in [3.63, 3.8) is 0 Å². The van der Waals surface area contributed by atoms with Gasteiger partial charge in [-0.25, -0.2) is 0 Å². The molecule has 0 aliphatic carbocycles. The van der Waals surface area contributed by atoms with Crippen molar-refractivity contribution < 1.29 is 13.2 Å². The minimum Gasteiger partial charge on any atom is -0.310 e. The minimum absolute atomic E-state index is 0.156. The molecular weight excluding hydrogens is 469 g/mol. The molecule has 4 aromatic carbocycles. The van der Waals surface area contributed by atoms with Crippen LogP contribution in [0.2, 0.25) is 0 Å². The number of benzene rings is 4. The van der Waals surface area contributed by atoms with Crippen LogP contribution in [0.3, 0.4) is 0 Å². The topological polar surface area (TPSA) is 15.3 Å². The van der Waals surface area contributed by atoms with Gasteiger partial charge in [0.25, 0.3) is 0 Å². The largest absolute Gasteiger partial charge is 0.416 e. The van der Waals surface area contributed by atoms with E-state index in [9.17, 15) is 13.2 Å². The summed E-state index contributed by atoms with van der Waals surface area (Å²) in [6.07, 6.45) is -3.42. The summed E-state index contributed by atoms with van der Waals surface area (Å²) < 4.78 is 40.8. The molecule has 0 spiro atoms. The summed E-state index contributed by atoms with van der Waals surface area (Å²) >= 11 is 0. The van der Waals surface area contributed by atoms with Crippen molar-refractivity contribution in [1.29, 1.82) is 0 Å². The molecule has 5 heteroatoms. The Bertz CT molecular complexity index is 1310. The molecule has 192 valence electrons. The van der Waals surface area contributed by atoms with E-state index in [1.807, 2.05) is 6.07 Å². The van der Waals surface area contributed by atoms with E-state index in [0.717, 1.165) is 26.1 Å². The summed E-state index contributed by atoms with van der Waals surface area (Å²) in [4.78, 5) is 2.19. The van der Waals surface area contributed by atoms with Crippen LogP contribution in [-0.4, -0.2) is 24.5 Å². The van der Waals surface area contributed by atoms with Crippen LogP contribution in [0.4, 0.5) is 13.2 Å². The van der Waals surface area contributed by atoms with Crippen LogP contribution < -0.4 is 5.32 Å². The van der Waals surface area contributed by atoms with Gasteiger partial charge in [0.2, 0.25) is 0 Å². The van der Waals surface area contributed by atoms with Gasteiger partial charge in [-0.15, -0.1) is 0 Å². The number of likely N-dealkylation sites (tertiary alicyclic amines) is 1. The fourth-order valence-electron chi connectivity index (χ4n) is 5.84. The van der Waals surface area contributed by atoms with E-state index in [4.69, 9.17) is 0 Å². The summed E-state index contributed by atoms with van der Waals surface area (Å²) in [5.41, 5.74) is 2.40. The van der Waals surface area contributed by atoms with E-state index in [0.29, 0.717) is 18.0 Å². The summed E-state index contributed by atoms with van der Waals surface area (Å²) in [5, 5.41) is 6.25. The van der Waals surface area contributed by atoms with Crippen molar-refractivity contribution in [3.05, 3.63) is 119 Å². The first-order valence-corrected chi connectivity index (χ1v) is 13.0. The second-order valence-electron chi connectivity index (χ2n) is 10.2. The van der Waals surface area contributed by atoms with Crippen LogP contribution >= 0.6 is 0 Å². The molecule has 1 aliphatic rings. The molecule has 0 amide bonds. The number of hydrogen-bond acceptors (Lipinski definition) is 2. The highest BCUT2D eigenvalue weighted by Gasteiger charge is 2.35. The molecule has 0 aromatic heterocycles. The van der Waals surface area contributed by atoms with Crippen LogP contribution in [0.15, 0.2) is 97.1 Å². The Labute approximate surface area is 217 Å². The highest BCUT2D eigenvalue weighted by molar-refractivity contribution is 5.86. The molecular formula is C32H33F3N2. The smallest absolute Gasteiger partial charge is 0.310 e. The zero-order chi connectivity index (χ0) is 25.8. The van der Waals surface area contributed by atoms with E-state index in [1.54, 1.807) is 12.1 Å². The van der Waals surface area contributed by atoms with Gasteiger partial charge < -0.3 is 5.32 Å². The Hall–Kier alpha value is -3.15. The van der Waals surface area contributed by atoms with Gasteiger partial charge in [-0.3, -0.25) is 4.90 Å². The molecule has 4 aromatic rings. The fraction of sp³-hybridized carbons (Fsp3) is 0.312. The van der Waals surface area contributed by atoms with Gasteiger partial charge in [-0.2, -0.15) is 13.2 Å². The van der Waals surface area contributed by atoms with Gasteiger partial charge in [0.05, 0.1) is 5.56 Å². The molecule has 37 heavy (non-hydrogen) atoms. The Morgan fingerprint density at radius 2 is 1.57 bits per heavy atom. The standard InChI is InChI=1S/C32H33F3N2/c1-23(28-16-9-14-25-12-5-7-15-30(25)28)36-20-27-22-37(19-18-29(27)24-10-3-2-4-11-24)21-26-13-6-8-17-31(26)32(33,34)35/h2-17,23,27,29,36H,18-22H2,1H3/t23-,27?,29?/m1/s1. The summed E-state index contributed by atoms with van der Waals surface area (Å²) in [6, 6.07) is 31.5. The molecule has 2 unspecified atom stereocenters. The van der Waals surface area contributed by atoms with Crippen LogP contribution in [0.1, 0.15) is 47.6 Å². The maximum Gasteiger partial charge on any atom is 0.416 e. The number of halogens is 3. The third-order valence-corrected chi connectivity index (χ3v) is 7.74. The summed E-state index contributed by atoms with van der Waals surface area (Å²) in [6.45, 7) is 4.83. The lowest BCUT2D eigenvalue weighted by Crippen LogP contribution is -2.43. The van der Waals surface area contributed by atoms with E-state index >= 15 is 0 Å². The molecule has 2 nitrogen and oxygen atoms in total. The third kappa shape index (κ3) is 5.89. The highest BCUT2D eigenvalue weighted by Crippen LogP contribution is 2.36. The van der Waals surface area contributed by atoms with E-state index in [-0.39, 0.29) is 12.0 Å². The van der Waals surface area contributed by atoms with Crippen LogP contribution in [-0.2, 0) is 12.7 Å². The van der Waals surface area contributed by atoms with Gasteiger partial charge in [-0.1, -0.05) is 91.0 Å². The lowest BCUT2D eigenvalue weighted by Gasteiger charge is -2.40. The van der Waals surface area contributed by atoms with Gasteiger partial charge in [0.1, 0.15) is 0 Å². The van der Waals surface area contributed by atoms with E-state index in [2.05, 4.69) is 83.9 Å². The van der Waals surface area contributed by atoms with Crippen molar-refractivity contribution in [1.82, 2.24) is 10.2 Å². The average Bonchev–Trinajstić information content (AvgIpc) is 2.92. The lowest BCUT2D eigenvalue weighted by atomic mass is 9.80. The van der Waals surface area contributed by atoms with Crippen LogP contribution in [0.5, 0.6) is 0 Å². The first-order valence-electron chi connectivity index (χ1n) is 13.0. The second-order valence-corrected chi connectivity index (χ2v) is 10.2. The van der Waals surface area contributed by atoms with Crippen molar-refractivity contribution in [3.8, 4) is 0 Å². The van der Waals surface area contributed by atoms with Gasteiger partial charge in [0.15, 0.2) is 0 Å². The Morgan fingerprint density at radius 1 is 0.865 bits per heavy atom. The van der Waals surface area contributed by atoms with Gasteiger partial charge in [0, 0.05) is 25.7 Å². The van der Waals surface area contributed by atoms with Crippen LogP contribution in [0.25, 0.3) is 10.8 Å². The molecule has 0 saturated carbocycles. The van der Waals surface area contributed by atoms with E-state index in [1.165, 1.54) is 34.0 Å². The third-order valence-electron chi connectivity index (χ3n) is 7.74. The van der Waals surface area contributed by atoms with Crippen molar-refractivity contribution in [2.75, 3.05) is 19.6 Å². The molecule has 0 radical (unpaired) electrons. The lowest BCUT2D eigenvalue weighted by molar-refractivity contribution is -0.138. The maximum atomic E-state index is 13.6. The average molecular weight is 503 g/mol. The normalized spacial score (nSPS) is 19.7. The molecule has 1 fully saturated rings.